The van der Waals surface area contributed by atoms with E-state index in [1.165, 1.54) is 0 Å². The number of carbonyl (C=O) groups is 2. The predicted molar refractivity (Wildman–Crippen MR) is 66.4 cm³/mol. The molecule has 7 heteroatoms. The third-order valence-corrected chi connectivity index (χ3v) is 5.65. The van der Waals surface area contributed by atoms with E-state index in [1.807, 2.05) is 0 Å². The SMILES string of the molecule is O=C1C2CC3CC(C2)C(C(=O)OCCS(=O)(=O)[O-])C1C3. The molecule has 0 N–H and O–H groups in total. The summed E-state index contributed by atoms with van der Waals surface area (Å²) in [7, 11) is -4.38. The quantitative estimate of drug-likeness (QED) is 0.548. The van der Waals surface area contributed by atoms with Gasteiger partial charge in [0.1, 0.15) is 12.4 Å². The van der Waals surface area contributed by atoms with Gasteiger partial charge in [-0.1, -0.05) is 0 Å². The summed E-state index contributed by atoms with van der Waals surface area (Å²) in [6.45, 7) is -0.415. The molecule has 0 aromatic rings. The number of rotatable bonds is 4. The minimum Gasteiger partial charge on any atom is -0.748 e. The van der Waals surface area contributed by atoms with Gasteiger partial charge in [0.05, 0.1) is 21.8 Å². The van der Waals surface area contributed by atoms with Crippen molar-refractivity contribution in [1.29, 1.82) is 0 Å². The third-order valence-electron chi connectivity index (χ3n) is 4.99. The second-order valence-electron chi connectivity index (χ2n) is 6.23. The van der Waals surface area contributed by atoms with E-state index in [-0.39, 0.29) is 23.5 Å². The first-order valence-corrected chi connectivity index (χ1v) is 8.57. The van der Waals surface area contributed by atoms with Gasteiger partial charge >= 0.3 is 5.97 Å². The number of carbonyl (C=O) groups excluding carboxylic acids is 2. The van der Waals surface area contributed by atoms with Crippen molar-refractivity contribution in [1.82, 2.24) is 0 Å². The zero-order valence-electron chi connectivity index (χ0n) is 11.0. The lowest BCUT2D eigenvalue weighted by atomic mass is 9.51. The van der Waals surface area contributed by atoms with Crippen LogP contribution < -0.4 is 0 Å². The molecular formula is C13H17O6S-. The van der Waals surface area contributed by atoms with Crippen molar-refractivity contribution in [3.05, 3.63) is 0 Å². The van der Waals surface area contributed by atoms with Crippen LogP contribution in [0.3, 0.4) is 0 Å². The summed E-state index contributed by atoms with van der Waals surface area (Å²) >= 11 is 0. The molecule has 0 radical (unpaired) electrons. The Morgan fingerprint density at radius 2 is 2.00 bits per heavy atom. The Hall–Kier alpha value is -0.950. The van der Waals surface area contributed by atoms with Crippen molar-refractivity contribution in [2.75, 3.05) is 12.4 Å². The van der Waals surface area contributed by atoms with E-state index in [4.69, 9.17) is 4.74 Å². The van der Waals surface area contributed by atoms with Gasteiger partial charge in [-0.25, -0.2) is 8.42 Å². The van der Waals surface area contributed by atoms with E-state index >= 15 is 0 Å². The van der Waals surface area contributed by atoms with Crippen LogP contribution in [-0.2, 0) is 24.4 Å². The zero-order valence-corrected chi connectivity index (χ0v) is 11.8. The Bertz CT molecular complexity index is 539. The van der Waals surface area contributed by atoms with E-state index in [0.717, 1.165) is 25.7 Å². The van der Waals surface area contributed by atoms with Crippen molar-refractivity contribution >= 4 is 21.9 Å². The van der Waals surface area contributed by atoms with E-state index in [2.05, 4.69) is 0 Å². The van der Waals surface area contributed by atoms with Crippen LogP contribution in [0, 0.1) is 29.6 Å². The van der Waals surface area contributed by atoms with Crippen molar-refractivity contribution in [2.45, 2.75) is 25.7 Å². The summed E-state index contributed by atoms with van der Waals surface area (Å²) in [6, 6.07) is 0. The van der Waals surface area contributed by atoms with Gasteiger partial charge in [0, 0.05) is 11.8 Å². The molecule has 4 fully saturated rings. The highest BCUT2D eigenvalue weighted by molar-refractivity contribution is 7.85. The van der Waals surface area contributed by atoms with Crippen LogP contribution >= 0.6 is 0 Å². The number of Topliss-reactive ketones (excluding diaryl/α,β-unsaturated/α-hetero) is 1. The first kappa shape index (κ1) is 14.0. The van der Waals surface area contributed by atoms with Crippen LogP contribution in [0.5, 0.6) is 0 Å². The third kappa shape index (κ3) is 2.48. The fourth-order valence-corrected chi connectivity index (χ4v) is 4.62. The highest BCUT2D eigenvalue weighted by Crippen LogP contribution is 2.55. The van der Waals surface area contributed by atoms with Crippen molar-refractivity contribution < 1.29 is 27.3 Å². The Morgan fingerprint density at radius 3 is 2.70 bits per heavy atom. The first-order valence-electron chi connectivity index (χ1n) is 6.99. The maximum Gasteiger partial charge on any atom is 0.309 e. The average molecular weight is 301 g/mol. The summed E-state index contributed by atoms with van der Waals surface area (Å²) in [5.41, 5.74) is 0. The maximum absolute atomic E-state index is 12.2. The van der Waals surface area contributed by atoms with E-state index < -0.39 is 34.4 Å². The molecule has 0 spiro atoms. The topological polar surface area (TPSA) is 101 Å². The molecule has 0 aromatic heterocycles. The minimum absolute atomic E-state index is 0.114. The molecule has 4 bridgehead atoms. The standard InChI is InChI=1S/C13H18O6S/c14-12-9-4-7-3-8(6-9)11(10(12)5-7)13(15)19-1-2-20(16,17)18/h7-11H,1-6H2,(H,16,17,18)/p-1. The largest absolute Gasteiger partial charge is 0.748 e. The smallest absolute Gasteiger partial charge is 0.309 e. The fourth-order valence-electron chi connectivity index (χ4n) is 4.33. The molecule has 4 rings (SSSR count). The van der Waals surface area contributed by atoms with E-state index in [9.17, 15) is 22.6 Å². The van der Waals surface area contributed by atoms with Crippen molar-refractivity contribution in [2.24, 2.45) is 29.6 Å². The van der Waals surface area contributed by atoms with Gasteiger partial charge in [-0.15, -0.1) is 0 Å². The van der Waals surface area contributed by atoms with Gasteiger partial charge in [0.25, 0.3) is 0 Å². The summed E-state index contributed by atoms with van der Waals surface area (Å²) in [6.07, 6.45) is 3.43. The minimum atomic E-state index is -4.38. The van der Waals surface area contributed by atoms with Gasteiger partial charge in [0.2, 0.25) is 0 Å². The first-order chi connectivity index (χ1) is 9.35. The number of esters is 1. The van der Waals surface area contributed by atoms with Crippen LogP contribution in [0.4, 0.5) is 0 Å². The molecule has 0 aromatic carbocycles. The maximum atomic E-state index is 12.2. The molecule has 4 aliphatic rings. The zero-order chi connectivity index (χ0) is 14.5. The Kier molecular flexibility index (Phi) is 3.36. The summed E-state index contributed by atoms with van der Waals surface area (Å²) in [5.74, 6) is -0.860. The lowest BCUT2D eigenvalue weighted by Gasteiger charge is -2.51. The van der Waals surface area contributed by atoms with Crippen molar-refractivity contribution in [3.8, 4) is 0 Å². The summed E-state index contributed by atoms with van der Waals surface area (Å²) in [4.78, 5) is 24.3. The monoisotopic (exact) mass is 301 g/mol. The second-order valence-corrected chi connectivity index (χ2v) is 7.75. The Labute approximate surface area is 117 Å². The average Bonchev–Trinajstić information content (AvgIpc) is 2.33. The second kappa shape index (κ2) is 4.80. The number of ketones is 1. The fraction of sp³-hybridized carbons (Fsp3) is 0.846. The molecule has 20 heavy (non-hydrogen) atoms. The van der Waals surface area contributed by atoms with Crippen LogP contribution in [0.15, 0.2) is 0 Å². The Morgan fingerprint density at radius 1 is 1.25 bits per heavy atom. The molecule has 6 nitrogen and oxygen atoms in total. The highest BCUT2D eigenvalue weighted by Gasteiger charge is 2.55. The van der Waals surface area contributed by atoms with Crippen molar-refractivity contribution in [3.63, 3.8) is 0 Å². The summed E-state index contributed by atoms with van der Waals surface area (Å²) < 4.78 is 36.4. The lowest BCUT2D eigenvalue weighted by Crippen LogP contribution is -2.53. The highest BCUT2D eigenvalue weighted by atomic mass is 32.2. The molecule has 112 valence electrons. The van der Waals surface area contributed by atoms with Crippen LogP contribution in [0.2, 0.25) is 0 Å². The van der Waals surface area contributed by atoms with Crippen LogP contribution in [0.25, 0.3) is 0 Å². The predicted octanol–water partition coefficient (Wildman–Crippen LogP) is 0.326. The Balaban J connectivity index is 1.65. The molecule has 0 saturated heterocycles. The molecule has 4 aliphatic carbocycles. The number of ether oxygens (including phenoxy) is 1. The van der Waals surface area contributed by atoms with Gasteiger partial charge in [-0.2, -0.15) is 0 Å². The van der Waals surface area contributed by atoms with E-state index in [0.29, 0.717) is 5.92 Å². The molecule has 0 aliphatic heterocycles. The molecule has 0 heterocycles. The molecule has 5 atom stereocenters. The van der Waals surface area contributed by atoms with Gasteiger partial charge in [0.15, 0.2) is 0 Å². The lowest BCUT2D eigenvalue weighted by molar-refractivity contribution is -0.168. The molecular weight excluding hydrogens is 284 g/mol. The molecule has 0 amide bonds. The van der Waals surface area contributed by atoms with Gasteiger partial charge in [-0.05, 0) is 37.5 Å². The summed E-state index contributed by atoms with van der Waals surface area (Å²) in [5, 5.41) is 0. The van der Waals surface area contributed by atoms with Gasteiger partial charge in [-0.3, -0.25) is 9.59 Å². The van der Waals surface area contributed by atoms with Gasteiger partial charge < -0.3 is 9.29 Å². The van der Waals surface area contributed by atoms with Crippen LogP contribution in [-0.4, -0.2) is 37.1 Å². The molecule has 4 saturated carbocycles. The number of hydrogen-bond acceptors (Lipinski definition) is 6. The van der Waals surface area contributed by atoms with Crippen LogP contribution in [0.1, 0.15) is 25.7 Å². The molecule has 5 unspecified atom stereocenters. The van der Waals surface area contributed by atoms with E-state index in [1.54, 1.807) is 0 Å². The number of hydrogen-bond donors (Lipinski definition) is 0. The normalized spacial score (nSPS) is 39.0.